The number of amides is 1. The fourth-order valence-electron chi connectivity index (χ4n) is 4.44. The maximum atomic E-state index is 13.4. The second-order valence-corrected chi connectivity index (χ2v) is 9.87. The fraction of sp³-hybridized carbons (Fsp3) is 0.172. The molecular weight excluding hydrogens is 491 g/mol. The average molecular weight is 517 g/mol. The van der Waals surface area contributed by atoms with E-state index in [0.29, 0.717) is 11.3 Å². The van der Waals surface area contributed by atoms with E-state index in [1.807, 2.05) is 36.4 Å². The number of hydrogen-bond acceptors (Lipinski definition) is 6. The zero-order valence-electron chi connectivity index (χ0n) is 20.0. The molecule has 1 amide bonds. The predicted molar refractivity (Wildman–Crippen MR) is 142 cm³/mol. The molecular formula is C29H25FN2O4S. The minimum atomic E-state index is -0.846. The number of aromatic hydroxyl groups is 1. The molecule has 188 valence electrons. The van der Waals surface area contributed by atoms with Gasteiger partial charge in [-0.2, -0.15) is 0 Å². The van der Waals surface area contributed by atoms with Crippen LogP contribution in [0.5, 0.6) is 11.5 Å². The summed E-state index contributed by atoms with van der Waals surface area (Å²) in [6.07, 6.45) is 2.66. The van der Waals surface area contributed by atoms with Gasteiger partial charge in [0.05, 0.1) is 19.3 Å². The molecule has 2 N–H and O–H groups in total. The van der Waals surface area contributed by atoms with E-state index in [2.05, 4.69) is 4.98 Å². The van der Waals surface area contributed by atoms with Gasteiger partial charge in [-0.3, -0.25) is 9.78 Å². The number of aromatic nitrogens is 1. The van der Waals surface area contributed by atoms with Crippen LogP contribution in [0.3, 0.4) is 0 Å². The molecule has 8 heteroatoms. The molecule has 5 rings (SSSR count). The third-order valence-electron chi connectivity index (χ3n) is 6.42. The third kappa shape index (κ3) is 5.03. The van der Waals surface area contributed by atoms with E-state index >= 15 is 0 Å². The highest BCUT2D eigenvalue weighted by atomic mass is 32.2. The number of carbonyl (C=O) groups is 1. The first-order valence-electron chi connectivity index (χ1n) is 11.7. The number of aliphatic hydroxyl groups excluding tert-OH is 1. The molecule has 0 aliphatic carbocycles. The van der Waals surface area contributed by atoms with Crippen LogP contribution in [0.15, 0.2) is 91.3 Å². The van der Waals surface area contributed by atoms with Gasteiger partial charge in [0.1, 0.15) is 11.1 Å². The number of benzene rings is 3. The first-order chi connectivity index (χ1) is 18.0. The number of methoxy groups -OCH3 is 1. The van der Waals surface area contributed by atoms with Crippen molar-refractivity contribution in [2.45, 2.75) is 17.4 Å². The molecule has 1 aliphatic heterocycles. The summed E-state index contributed by atoms with van der Waals surface area (Å²) in [5.41, 5.74) is 4.10. The van der Waals surface area contributed by atoms with Crippen LogP contribution in [0, 0.1) is 5.82 Å². The first-order valence-corrected chi connectivity index (χ1v) is 12.8. The molecule has 1 aromatic heterocycles. The number of phenols is 1. The second-order valence-electron chi connectivity index (χ2n) is 8.69. The van der Waals surface area contributed by atoms with Gasteiger partial charge in [0.25, 0.3) is 0 Å². The Hall–Kier alpha value is -3.88. The Morgan fingerprint density at radius 2 is 1.81 bits per heavy atom. The lowest BCUT2D eigenvalue weighted by atomic mass is 9.91. The van der Waals surface area contributed by atoms with Gasteiger partial charge in [0.2, 0.25) is 5.91 Å². The predicted octanol–water partition coefficient (Wildman–Crippen LogP) is 5.53. The van der Waals surface area contributed by atoms with Gasteiger partial charge in [0.15, 0.2) is 11.5 Å². The molecule has 3 aromatic carbocycles. The molecule has 0 saturated carbocycles. The number of pyridine rings is 1. The van der Waals surface area contributed by atoms with Crippen LogP contribution in [0.4, 0.5) is 10.1 Å². The van der Waals surface area contributed by atoms with Crippen LogP contribution in [0.2, 0.25) is 0 Å². The topological polar surface area (TPSA) is 82.9 Å². The number of thioether (sulfide) groups is 1. The summed E-state index contributed by atoms with van der Waals surface area (Å²) in [5, 5.41) is 20.3. The number of phenolic OH excluding ortho intramolecular Hbond substituents is 1. The maximum absolute atomic E-state index is 13.4. The van der Waals surface area contributed by atoms with Gasteiger partial charge >= 0.3 is 0 Å². The van der Waals surface area contributed by atoms with Crippen molar-refractivity contribution in [2.24, 2.45) is 0 Å². The molecule has 37 heavy (non-hydrogen) atoms. The molecule has 0 radical (unpaired) electrons. The minimum Gasteiger partial charge on any atom is -0.504 e. The van der Waals surface area contributed by atoms with Gasteiger partial charge in [-0.15, -0.1) is 11.8 Å². The molecule has 0 unspecified atom stereocenters. The third-order valence-corrected chi connectivity index (χ3v) is 7.75. The van der Waals surface area contributed by atoms with Crippen LogP contribution in [-0.4, -0.2) is 39.2 Å². The van der Waals surface area contributed by atoms with E-state index in [9.17, 15) is 19.4 Å². The molecule has 4 aromatic rings. The van der Waals surface area contributed by atoms with Crippen LogP contribution < -0.4 is 9.64 Å². The Morgan fingerprint density at radius 3 is 2.49 bits per heavy atom. The van der Waals surface area contributed by atoms with Crippen molar-refractivity contribution < 1.29 is 24.1 Å². The quantitative estimate of drug-likeness (QED) is 0.300. The van der Waals surface area contributed by atoms with Gasteiger partial charge in [-0.1, -0.05) is 36.4 Å². The number of ether oxygens (including phenoxy) is 1. The molecule has 0 bridgehead atoms. The monoisotopic (exact) mass is 516 g/mol. The number of halogens is 1. The molecule has 3 atom stereocenters. The van der Waals surface area contributed by atoms with Crippen molar-refractivity contribution in [3.05, 3.63) is 108 Å². The van der Waals surface area contributed by atoms with E-state index in [4.69, 9.17) is 4.74 Å². The number of nitrogens with zero attached hydrogens (tertiary/aromatic N) is 2. The molecule has 2 heterocycles. The summed E-state index contributed by atoms with van der Waals surface area (Å²) < 4.78 is 18.6. The summed E-state index contributed by atoms with van der Waals surface area (Å²) in [5.74, 6) is 0.146. The number of anilines is 1. The SMILES string of the molecule is COc1cc([C@@H]2[C@@H](SC[C@@H](O)c3ccc(F)cc3)C(=O)N2c2ccc(-c3cccnc3)cc2)ccc1O. The van der Waals surface area contributed by atoms with Gasteiger partial charge < -0.3 is 19.8 Å². The molecule has 1 fully saturated rings. The highest BCUT2D eigenvalue weighted by molar-refractivity contribution is 8.00. The van der Waals surface area contributed by atoms with Gasteiger partial charge in [-0.25, -0.2) is 4.39 Å². The zero-order chi connectivity index (χ0) is 25.9. The van der Waals surface area contributed by atoms with Crippen LogP contribution >= 0.6 is 11.8 Å². The van der Waals surface area contributed by atoms with Crippen molar-refractivity contribution >= 4 is 23.4 Å². The zero-order valence-corrected chi connectivity index (χ0v) is 20.8. The number of carbonyl (C=O) groups excluding carboxylic acids is 1. The number of rotatable bonds is 8. The lowest BCUT2D eigenvalue weighted by molar-refractivity contribution is -0.123. The largest absolute Gasteiger partial charge is 0.504 e. The van der Waals surface area contributed by atoms with E-state index < -0.39 is 11.4 Å². The van der Waals surface area contributed by atoms with Crippen LogP contribution in [0.25, 0.3) is 11.1 Å². The molecule has 6 nitrogen and oxygen atoms in total. The van der Waals surface area contributed by atoms with E-state index in [-0.39, 0.29) is 29.3 Å². The number of aliphatic hydroxyl groups is 1. The Balaban J connectivity index is 1.41. The molecule has 0 spiro atoms. The summed E-state index contributed by atoms with van der Waals surface area (Å²) in [7, 11) is 1.48. The van der Waals surface area contributed by atoms with E-state index in [0.717, 1.165) is 22.4 Å². The Bertz CT molecular complexity index is 1380. The van der Waals surface area contributed by atoms with Gasteiger partial charge in [-0.05, 0) is 64.7 Å². The Morgan fingerprint density at radius 1 is 1.05 bits per heavy atom. The van der Waals surface area contributed by atoms with E-state index in [1.165, 1.54) is 31.0 Å². The summed E-state index contributed by atoms with van der Waals surface area (Å²) in [4.78, 5) is 19.3. The summed E-state index contributed by atoms with van der Waals surface area (Å²) in [6.45, 7) is 0. The van der Waals surface area contributed by atoms with Crippen LogP contribution in [-0.2, 0) is 4.79 Å². The van der Waals surface area contributed by atoms with Crippen molar-refractivity contribution in [1.82, 2.24) is 4.98 Å². The van der Waals surface area contributed by atoms with E-state index in [1.54, 1.807) is 47.6 Å². The molecule has 1 aliphatic rings. The van der Waals surface area contributed by atoms with Crippen LogP contribution in [0.1, 0.15) is 23.3 Å². The lowest BCUT2D eigenvalue weighted by Crippen LogP contribution is -2.57. The van der Waals surface area contributed by atoms with Crippen molar-refractivity contribution in [3.8, 4) is 22.6 Å². The van der Waals surface area contributed by atoms with Gasteiger partial charge in [0, 0.05) is 23.8 Å². The number of β-lactam (4-membered cyclic amide) rings is 1. The van der Waals surface area contributed by atoms with Crippen molar-refractivity contribution in [3.63, 3.8) is 0 Å². The second kappa shape index (κ2) is 10.6. The average Bonchev–Trinajstić information content (AvgIpc) is 2.93. The highest BCUT2D eigenvalue weighted by Gasteiger charge is 2.49. The van der Waals surface area contributed by atoms with Crippen molar-refractivity contribution in [1.29, 1.82) is 0 Å². The normalized spacial score (nSPS) is 17.8. The number of hydrogen-bond donors (Lipinski definition) is 2. The standard InChI is InChI=1S/C29H25FN2O4S/c1-36-26-15-20(8-13-24(26)33)27-28(37-17-25(34)19-4-9-22(30)10-5-19)29(35)32(27)23-11-6-18(7-12-23)21-3-2-14-31-16-21/h2-16,25,27-28,33-34H,17H2,1H3/t25-,27-,28-/m1/s1. The fourth-order valence-corrected chi connectivity index (χ4v) is 5.74. The highest BCUT2D eigenvalue weighted by Crippen LogP contribution is 2.47. The Kier molecular flexibility index (Phi) is 7.12. The first kappa shape index (κ1) is 24.8. The summed E-state index contributed by atoms with van der Waals surface area (Å²) >= 11 is 1.35. The minimum absolute atomic E-state index is 0.0141. The van der Waals surface area contributed by atoms with Crippen molar-refractivity contribution in [2.75, 3.05) is 17.8 Å². The molecule has 1 saturated heterocycles. The summed E-state index contributed by atoms with van der Waals surface area (Å²) in [6, 6.07) is 22.0. The Labute approximate surface area is 218 Å². The lowest BCUT2D eigenvalue weighted by Gasteiger charge is -2.47. The smallest absolute Gasteiger partial charge is 0.243 e. The maximum Gasteiger partial charge on any atom is 0.243 e.